The molecular formula is C19H17N3O. The molecule has 0 aliphatic heterocycles. The Kier molecular flexibility index (Phi) is 4.34. The number of nitrogens with one attached hydrogen (secondary N) is 2. The summed E-state index contributed by atoms with van der Waals surface area (Å²) < 4.78 is 0. The highest BCUT2D eigenvalue weighted by molar-refractivity contribution is 6.08. The molecule has 0 unspecified atom stereocenters. The molecule has 1 heterocycles. The lowest BCUT2D eigenvalue weighted by Crippen LogP contribution is -2.13. The molecule has 4 heteroatoms. The summed E-state index contributed by atoms with van der Waals surface area (Å²) in [6, 6.07) is 18.9. The molecule has 2 N–H and O–H groups in total. The maximum absolute atomic E-state index is 12.6. The van der Waals surface area contributed by atoms with Gasteiger partial charge >= 0.3 is 0 Å². The number of nitrogens with zero attached hydrogens (tertiary/aromatic N) is 1. The van der Waals surface area contributed by atoms with Crippen molar-refractivity contribution >= 4 is 23.0 Å². The summed E-state index contributed by atoms with van der Waals surface area (Å²) in [4.78, 5) is 16.6. The van der Waals surface area contributed by atoms with Crippen LogP contribution >= 0.6 is 0 Å². The van der Waals surface area contributed by atoms with Gasteiger partial charge in [0, 0.05) is 11.9 Å². The zero-order valence-corrected chi connectivity index (χ0v) is 12.8. The number of rotatable bonds is 4. The normalized spacial score (nSPS) is 10.1. The smallest absolute Gasteiger partial charge is 0.257 e. The lowest BCUT2D eigenvalue weighted by Gasteiger charge is -2.12. The van der Waals surface area contributed by atoms with Crippen molar-refractivity contribution in [3.8, 4) is 0 Å². The van der Waals surface area contributed by atoms with E-state index in [1.54, 1.807) is 18.5 Å². The van der Waals surface area contributed by atoms with Gasteiger partial charge in [-0.1, -0.05) is 24.3 Å². The van der Waals surface area contributed by atoms with Gasteiger partial charge in [-0.25, -0.2) is 0 Å². The van der Waals surface area contributed by atoms with Crippen molar-refractivity contribution in [1.29, 1.82) is 0 Å². The SMILES string of the molecule is Cc1cccc(NC(=O)c2ccccc2Nc2cccnc2)c1. The first-order valence-electron chi connectivity index (χ1n) is 7.36. The first-order valence-corrected chi connectivity index (χ1v) is 7.36. The zero-order valence-electron chi connectivity index (χ0n) is 12.8. The van der Waals surface area contributed by atoms with E-state index >= 15 is 0 Å². The predicted molar refractivity (Wildman–Crippen MR) is 93.1 cm³/mol. The third kappa shape index (κ3) is 3.74. The maximum atomic E-state index is 12.6. The summed E-state index contributed by atoms with van der Waals surface area (Å²) in [5.74, 6) is -0.150. The van der Waals surface area contributed by atoms with Crippen LogP contribution in [-0.2, 0) is 0 Å². The largest absolute Gasteiger partial charge is 0.354 e. The van der Waals surface area contributed by atoms with Crippen molar-refractivity contribution in [1.82, 2.24) is 4.98 Å². The third-order valence-electron chi connectivity index (χ3n) is 3.39. The number of para-hydroxylation sites is 1. The molecule has 0 fully saturated rings. The highest BCUT2D eigenvalue weighted by atomic mass is 16.1. The van der Waals surface area contributed by atoms with Gasteiger partial charge < -0.3 is 10.6 Å². The maximum Gasteiger partial charge on any atom is 0.257 e. The number of aromatic nitrogens is 1. The lowest BCUT2D eigenvalue weighted by atomic mass is 10.1. The number of benzene rings is 2. The average molecular weight is 303 g/mol. The summed E-state index contributed by atoms with van der Waals surface area (Å²) in [6.45, 7) is 1.99. The molecule has 1 amide bonds. The second kappa shape index (κ2) is 6.75. The molecule has 0 saturated heterocycles. The van der Waals surface area contributed by atoms with E-state index in [2.05, 4.69) is 15.6 Å². The number of hydrogen-bond donors (Lipinski definition) is 2. The molecule has 114 valence electrons. The van der Waals surface area contributed by atoms with Crippen LogP contribution in [0.2, 0.25) is 0 Å². The van der Waals surface area contributed by atoms with Gasteiger partial charge in [-0.3, -0.25) is 9.78 Å². The fraction of sp³-hybridized carbons (Fsp3) is 0.0526. The molecule has 3 aromatic rings. The molecule has 3 rings (SSSR count). The molecule has 4 nitrogen and oxygen atoms in total. The van der Waals surface area contributed by atoms with E-state index in [9.17, 15) is 4.79 Å². The minimum atomic E-state index is -0.150. The van der Waals surface area contributed by atoms with E-state index in [1.807, 2.05) is 61.5 Å². The van der Waals surface area contributed by atoms with Crippen LogP contribution in [0.25, 0.3) is 0 Å². The standard InChI is InChI=1S/C19H17N3O/c1-14-6-4-7-15(12-14)22-19(23)17-9-2-3-10-18(17)21-16-8-5-11-20-13-16/h2-13,21H,1H3,(H,22,23). The second-order valence-electron chi connectivity index (χ2n) is 5.24. The van der Waals surface area contributed by atoms with Crippen molar-refractivity contribution < 1.29 is 4.79 Å². The van der Waals surface area contributed by atoms with Crippen molar-refractivity contribution in [3.05, 3.63) is 84.2 Å². The third-order valence-corrected chi connectivity index (χ3v) is 3.39. The van der Waals surface area contributed by atoms with Crippen LogP contribution in [0.5, 0.6) is 0 Å². The van der Waals surface area contributed by atoms with Crippen molar-refractivity contribution in [3.63, 3.8) is 0 Å². The van der Waals surface area contributed by atoms with Gasteiger partial charge in [0.2, 0.25) is 0 Å². The summed E-state index contributed by atoms with van der Waals surface area (Å²) in [5, 5.41) is 6.16. The number of amides is 1. The van der Waals surface area contributed by atoms with Crippen LogP contribution < -0.4 is 10.6 Å². The Morgan fingerprint density at radius 2 is 1.78 bits per heavy atom. The number of pyridine rings is 1. The zero-order chi connectivity index (χ0) is 16.1. The fourth-order valence-corrected chi connectivity index (χ4v) is 2.30. The van der Waals surface area contributed by atoms with Crippen LogP contribution in [-0.4, -0.2) is 10.9 Å². The summed E-state index contributed by atoms with van der Waals surface area (Å²) in [6.07, 6.45) is 3.43. The highest BCUT2D eigenvalue weighted by Gasteiger charge is 2.11. The van der Waals surface area contributed by atoms with Crippen molar-refractivity contribution in [2.45, 2.75) is 6.92 Å². The van der Waals surface area contributed by atoms with E-state index in [4.69, 9.17) is 0 Å². The molecule has 0 aliphatic rings. The van der Waals surface area contributed by atoms with E-state index < -0.39 is 0 Å². The Hall–Kier alpha value is -3.14. The Morgan fingerprint density at radius 1 is 0.957 bits per heavy atom. The first kappa shape index (κ1) is 14.8. The van der Waals surface area contributed by atoms with Crippen molar-refractivity contribution in [2.24, 2.45) is 0 Å². The number of carbonyl (C=O) groups is 1. The predicted octanol–water partition coefficient (Wildman–Crippen LogP) is 4.39. The number of anilines is 3. The Balaban J connectivity index is 1.83. The Labute approximate surface area is 135 Å². The molecule has 1 aromatic heterocycles. The lowest BCUT2D eigenvalue weighted by molar-refractivity contribution is 0.102. The van der Waals surface area contributed by atoms with Gasteiger partial charge in [-0.15, -0.1) is 0 Å². The Bertz CT molecular complexity index is 816. The summed E-state index contributed by atoms with van der Waals surface area (Å²) >= 11 is 0. The average Bonchev–Trinajstić information content (AvgIpc) is 2.56. The van der Waals surface area contributed by atoms with Crippen molar-refractivity contribution in [2.75, 3.05) is 10.6 Å². The highest BCUT2D eigenvalue weighted by Crippen LogP contribution is 2.21. The van der Waals surface area contributed by atoms with E-state index in [-0.39, 0.29) is 5.91 Å². The number of hydrogen-bond acceptors (Lipinski definition) is 3. The molecule has 23 heavy (non-hydrogen) atoms. The quantitative estimate of drug-likeness (QED) is 0.751. The van der Waals surface area contributed by atoms with Gasteiger partial charge in [-0.2, -0.15) is 0 Å². The number of aryl methyl sites for hydroxylation is 1. The molecule has 0 saturated carbocycles. The van der Waals surface area contributed by atoms with E-state index in [0.717, 1.165) is 22.6 Å². The minimum Gasteiger partial charge on any atom is -0.354 e. The van der Waals surface area contributed by atoms with E-state index in [1.165, 1.54) is 0 Å². The summed E-state index contributed by atoms with van der Waals surface area (Å²) in [7, 11) is 0. The summed E-state index contributed by atoms with van der Waals surface area (Å²) in [5.41, 5.74) is 4.04. The monoisotopic (exact) mass is 303 g/mol. The molecule has 0 atom stereocenters. The molecule has 0 spiro atoms. The van der Waals surface area contributed by atoms with Crippen LogP contribution in [0.1, 0.15) is 15.9 Å². The topological polar surface area (TPSA) is 54.0 Å². The van der Waals surface area contributed by atoms with Gasteiger partial charge in [0.25, 0.3) is 5.91 Å². The molecular weight excluding hydrogens is 286 g/mol. The Morgan fingerprint density at radius 3 is 2.57 bits per heavy atom. The molecule has 0 radical (unpaired) electrons. The second-order valence-corrected chi connectivity index (χ2v) is 5.24. The molecule has 0 bridgehead atoms. The van der Waals surface area contributed by atoms with Crippen LogP contribution in [0.3, 0.4) is 0 Å². The van der Waals surface area contributed by atoms with Gasteiger partial charge in [0.05, 0.1) is 23.1 Å². The molecule has 0 aliphatic carbocycles. The van der Waals surface area contributed by atoms with Gasteiger partial charge in [0.15, 0.2) is 0 Å². The van der Waals surface area contributed by atoms with E-state index in [0.29, 0.717) is 5.56 Å². The first-order chi connectivity index (χ1) is 11.2. The molecule has 2 aromatic carbocycles. The van der Waals surface area contributed by atoms with Gasteiger partial charge in [0.1, 0.15) is 0 Å². The van der Waals surface area contributed by atoms with Crippen LogP contribution in [0, 0.1) is 6.92 Å². The van der Waals surface area contributed by atoms with Crippen LogP contribution in [0.15, 0.2) is 73.1 Å². The van der Waals surface area contributed by atoms with Crippen LogP contribution in [0.4, 0.5) is 17.1 Å². The number of carbonyl (C=O) groups excluding carboxylic acids is 1. The fourth-order valence-electron chi connectivity index (χ4n) is 2.30. The minimum absolute atomic E-state index is 0.150. The van der Waals surface area contributed by atoms with Gasteiger partial charge in [-0.05, 0) is 48.9 Å².